The van der Waals surface area contributed by atoms with Gasteiger partial charge in [0, 0.05) is 10.6 Å². The van der Waals surface area contributed by atoms with Crippen molar-refractivity contribution in [3.8, 4) is 11.3 Å². The number of carbonyl (C=O) groups is 1. The molecule has 3 rings (SSSR count). The number of rotatable bonds is 7. The van der Waals surface area contributed by atoms with Gasteiger partial charge in [-0.2, -0.15) is 0 Å². The number of amides is 1. The topological polar surface area (TPSA) is 94.9 Å². The van der Waals surface area contributed by atoms with Crippen LogP contribution in [0.4, 0.5) is 0 Å². The largest absolute Gasteiger partial charge is 0.440 e. The van der Waals surface area contributed by atoms with Crippen LogP contribution in [0.25, 0.3) is 11.3 Å². The van der Waals surface area contributed by atoms with Gasteiger partial charge in [0.1, 0.15) is 0 Å². The number of hydrogen-bond donors (Lipinski definition) is 1. The first-order chi connectivity index (χ1) is 11.6. The molecule has 2 aromatic heterocycles. The predicted octanol–water partition coefficient (Wildman–Crippen LogP) is 3.72. The summed E-state index contributed by atoms with van der Waals surface area (Å²) in [6, 6.07) is 7.38. The second-order valence-electron chi connectivity index (χ2n) is 4.50. The number of carbonyl (C=O) groups excluding carboxylic acids is 1. The van der Waals surface area contributed by atoms with Crippen LogP contribution in [0.3, 0.4) is 0 Å². The second kappa shape index (κ2) is 8.02. The highest BCUT2D eigenvalue weighted by molar-refractivity contribution is 8.03. The number of nitrogens with zero attached hydrogens (tertiary/aromatic N) is 3. The minimum Gasteiger partial charge on any atom is -0.440 e. The molecule has 0 bridgehead atoms. The molecule has 0 unspecified atom stereocenters. The molecule has 0 aliphatic carbocycles. The van der Waals surface area contributed by atoms with Crippen molar-refractivity contribution in [3.05, 3.63) is 41.4 Å². The summed E-state index contributed by atoms with van der Waals surface area (Å²) in [6.45, 7) is 0. The molecule has 0 saturated heterocycles. The first kappa shape index (κ1) is 17.3. The Labute approximate surface area is 155 Å². The van der Waals surface area contributed by atoms with Crippen molar-refractivity contribution in [2.45, 2.75) is 14.4 Å². The van der Waals surface area contributed by atoms with Crippen LogP contribution < -0.4 is 5.73 Å². The molecule has 0 atom stereocenters. The van der Waals surface area contributed by atoms with Crippen LogP contribution in [0.1, 0.15) is 5.89 Å². The van der Waals surface area contributed by atoms with E-state index in [1.807, 2.05) is 12.1 Å². The lowest BCUT2D eigenvalue weighted by Crippen LogP contribution is -2.12. The molecule has 2 heterocycles. The number of nitrogens with two attached hydrogens (primary N) is 1. The van der Waals surface area contributed by atoms with Crippen molar-refractivity contribution in [2.24, 2.45) is 5.73 Å². The monoisotopic (exact) mass is 398 g/mol. The molecule has 0 spiro atoms. The summed E-state index contributed by atoms with van der Waals surface area (Å²) in [6.07, 6.45) is 1.69. The fourth-order valence-corrected chi connectivity index (χ4v) is 4.43. The second-order valence-corrected chi connectivity index (χ2v) is 8.36. The Hall–Kier alpha value is -1.55. The SMILES string of the molecule is NC(=O)CSc1nnc(SCc2ncc(-c3ccc(Cl)cc3)o2)s1. The van der Waals surface area contributed by atoms with E-state index in [9.17, 15) is 4.79 Å². The number of halogens is 1. The molecule has 0 aliphatic rings. The quantitative estimate of drug-likeness (QED) is 0.606. The lowest BCUT2D eigenvalue weighted by atomic mass is 10.2. The molecule has 0 saturated carbocycles. The molecule has 1 amide bonds. The fraction of sp³-hybridized carbons (Fsp3) is 0.143. The summed E-state index contributed by atoms with van der Waals surface area (Å²) in [7, 11) is 0. The van der Waals surface area contributed by atoms with Crippen molar-refractivity contribution < 1.29 is 9.21 Å². The molecular formula is C14H11ClN4O2S3. The summed E-state index contributed by atoms with van der Waals surface area (Å²) in [5, 5.41) is 8.74. The van der Waals surface area contributed by atoms with Crippen molar-refractivity contribution in [1.29, 1.82) is 0 Å². The van der Waals surface area contributed by atoms with E-state index in [2.05, 4.69) is 15.2 Å². The Morgan fingerprint density at radius 3 is 2.62 bits per heavy atom. The summed E-state index contributed by atoms with van der Waals surface area (Å²) in [5.41, 5.74) is 6.02. The van der Waals surface area contributed by atoms with E-state index in [4.69, 9.17) is 21.8 Å². The highest BCUT2D eigenvalue weighted by Crippen LogP contribution is 2.31. The summed E-state index contributed by atoms with van der Waals surface area (Å²) in [5.74, 6) is 1.66. The van der Waals surface area contributed by atoms with E-state index in [0.717, 1.165) is 9.90 Å². The third kappa shape index (κ3) is 4.73. The highest BCUT2D eigenvalue weighted by atomic mass is 35.5. The van der Waals surface area contributed by atoms with Gasteiger partial charge >= 0.3 is 0 Å². The highest BCUT2D eigenvalue weighted by Gasteiger charge is 2.10. The summed E-state index contributed by atoms with van der Waals surface area (Å²) >= 11 is 10.0. The van der Waals surface area contributed by atoms with E-state index in [1.54, 1.807) is 18.3 Å². The Morgan fingerprint density at radius 1 is 1.21 bits per heavy atom. The van der Waals surface area contributed by atoms with Crippen molar-refractivity contribution >= 4 is 52.4 Å². The number of aromatic nitrogens is 3. The number of primary amides is 1. The Balaban J connectivity index is 1.57. The van der Waals surface area contributed by atoms with Gasteiger partial charge in [0.2, 0.25) is 11.8 Å². The van der Waals surface area contributed by atoms with Gasteiger partial charge in [-0.25, -0.2) is 4.98 Å². The molecule has 2 N–H and O–H groups in total. The van der Waals surface area contributed by atoms with Crippen LogP contribution in [-0.4, -0.2) is 26.8 Å². The maximum atomic E-state index is 10.8. The number of oxazole rings is 1. The Bertz CT molecular complexity index is 835. The zero-order valence-corrected chi connectivity index (χ0v) is 15.3. The molecule has 0 radical (unpaired) electrons. The standard InChI is InChI=1S/C14H11ClN4O2S3/c15-9-3-1-8(2-4-9)10-5-17-12(21-10)7-23-14-19-18-13(24-14)22-6-11(16)20/h1-5H,6-7H2,(H2,16,20). The van der Waals surface area contributed by atoms with Crippen LogP contribution in [-0.2, 0) is 10.5 Å². The third-order valence-electron chi connectivity index (χ3n) is 2.73. The minimum atomic E-state index is -0.376. The van der Waals surface area contributed by atoms with E-state index in [1.165, 1.54) is 34.9 Å². The molecule has 10 heteroatoms. The number of hydrogen-bond acceptors (Lipinski definition) is 8. The van der Waals surface area contributed by atoms with Crippen LogP contribution in [0.2, 0.25) is 5.02 Å². The molecule has 3 aromatic rings. The van der Waals surface area contributed by atoms with E-state index >= 15 is 0 Å². The molecule has 124 valence electrons. The summed E-state index contributed by atoms with van der Waals surface area (Å²) in [4.78, 5) is 15.0. The van der Waals surface area contributed by atoms with Gasteiger partial charge in [-0.15, -0.1) is 10.2 Å². The molecule has 1 aromatic carbocycles. The fourth-order valence-electron chi connectivity index (χ4n) is 1.69. The van der Waals surface area contributed by atoms with Crippen LogP contribution in [0.5, 0.6) is 0 Å². The lowest BCUT2D eigenvalue weighted by molar-refractivity contribution is -0.115. The maximum Gasteiger partial charge on any atom is 0.227 e. The average Bonchev–Trinajstić information content (AvgIpc) is 3.21. The van der Waals surface area contributed by atoms with Gasteiger partial charge in [-0.05, 0) is 24.3 Å². The van der Waals surface area contributed by atoms with Crippen LogP contribution in [0, 0.1) is 0 Å². The van der Waals surface area contributed by atoms with Gasteiger partial charge in [0.25, 0.3) is 0 Å². The summed E-state index contributed by atoms with van der Waals surface area (Å²) < 4.78 is 7.23. The van der Waals surface area contributed by atoms with Gasteiger partial charge in [0.15, 0.2) is 14.4 Å². The van der Waals surface area contributed by atoms with Gasteiger partial charge in [-0.3, -0.25) is 4.79 Å². The van der Waals surface area contributed by atoms with Crippen LogP contribution >= 0.6 is 46.5 Å². The third-order valence-corrected chi connectivity index (χ3v) is 6.18. The molecular weight excluding hydrogens is 388 g/mol. The van der Waals surface area contributed by atoms with E-state index in [0.29, 0.717) is 26.8 Å². The van der Waals surface area contributed by atoms with Crippen molar-refractivity contribution in [2.75, 3.05) is 5.75 Å². The van der Waals surface area contributed by atoms with Gasteiger partial charge in [-0.1, -0.05) is 46.5 Å². The van der Waals surface area contributed by atoms with E-state index in [-0.39, 0.29) is 11.7 Å². The van der Waals surface area contributed by atoms with E-state index < -0.39 is 0 Å². The number of thioether (sulfide) groups is 2. The lowest BCUT2D eigenvalue weighted by Gasteiger charge is -1.96. The number of benzene rings is 1. The van der Waals surface area contributed by atoms with Crippen LogP contribution in [0.15, 0.2) is 43.6 Å². The Morgan fingerprint density at radius 2 is 1.92 bits per heavy atom. The van der Waals surface area contributed by atoms with Crippen molar-refractivity contribution in [3.63, 3.8) is 0 Å². The first-order valence-electron chi connectivity index (χ1n) is 6.68. The van der Waals surface area contributed by atoms with Crippen molar-refractivity contribution in [1.82, 2.24) is 15.2 Å². The Kier molecular flexibility index (Phi) is 5.77. The molecule has 0 fully saturated rings. The molecule has 24 heavy (non-hydrogen) atoms. The van der Waals surface area contributed by atoms with Gasteiger partial charge < -0.3 is 10.2 Å². The van der Waals surface area contributed by atoms with Gasteiger partial charge in [0.05, 0.1) is 17.7 Å². The smallest absolute Gasteiger partial charge is 0.227 e. The molecule has 6 nitrogen and oxygen atoms in total. The minimum absolute atomic E-state index is 0.198. The molecule has 0 aliphatic heterocycles. The predicted molar refractivity (Wildman–Crippen MR) is 96.3 cm³/mol. The zero-order valence-electron chi connectivity index (χ0n) is 12.1. The first-order valence-corrected chi connectivity index (χ1v) is 9.85. The normalized spacial score (nSPS) is 10.9. The zero-order chi connectivity index (χ0) is 16.9. The average molecular weight is 399 g/mol. The maximum absolute atomic E-state index is 10.8.